The summed E-state index contributed by atoms with van der Waals surface area (Å²) in [4.78, 5) is 31.3. The quantitative estimate of drug-likeness (QED) is 0.244. The molecule has 3 aromatic carbocycles. The van der Waals surface area contributed by atoms with E-state index in [0.29, 0.717) is 49.7 Å². The predicted octanol–water partition coefficient (Wildman–Crippen LogP) is 5.31. The van der Waals surface area contributed by atoms with Gasteiger partial charge in [0.2, 0.25) is 5.88 Å². The van der Waals surface area contributed by atoms with E-state index < -0.39 is 0 Å². The number of carbonyl (C=O) groups is 2. The van der Waals surface area contributed by atoms with E-state index in [2.05, 4.69) is 5.32 Å². The van der Waals surface area contributed by atoms with E-state index in [1.807, 2.05) is 61.5 Å². The molecule has 0 aliphatic carbocycles. The SMILES string of the molecule is CCOc1cc(NCCCN2C(=O)c3ccccc3C2=O)c2nc(OCc3ccccc3)ccc2c1. The Hall–Kier alpha value is -4.39. The number of amides is 2. The van der Waals surface area contributed by atoms with Crippen molar-refractivity contribution >= 4 is 28.4 Å². The first-order chi connectivity index (χ1) is 17.6. The van der Waals surface area contributed by atoms with Crippen LogP contribution in [0, 0.1) is 0 Å². The van der Waals surface area contributed by atoms with Crippen LogP contribution in [-0.2, 0) is 6.61 Å². The van der Waals surface area contributed by atoms with Gasteiger partial charge in [0.05, 0.1) is 28.9 Å². The van der Waals surface area contributed by atoms with Crippen molar-refractivity contribution in [1.82, 2.24) is 9.88 Å². The molecule has 0 spiro atoms. The number of pyridine rings is 1. The third-order valence-electron chi connectivity index (χ3n) is 6.03. The van der Waals surface area contributed by atoms with Gasteiger partial charge in [-0.3, -0.25) is 14.5 Å². The summed E-state index contributed by atoms with van der Waals surface area (Å²) in [6.07, 6.45) is 0.593. The number of fused-ring (bicyclic) bond motifs is 2. The maximum Gasteiger partial charge on any atom is 0.261 e. The number of nitrogens with one attached hydrogen (secondary N) is 1. The van der Waals surface area contributed by atoms with Crippen molar-refractivity contribution in [2.45, 2.75) is 20.0 Å². The molecule has 2 heterocycles. The largest absolute Gasteiger partial charge is 0.494 e. The van der Waals surface area contributed by atoms with Crippen LogP contribution >= 0.6 is 0 Å². The zero-order valence-electron chi connectivity index (χ0n) is 20.1. The van der Waals surface area contributed by atoms with Crippen molar-refractivity contribution < 1.29 is 19.1 Å². The number of hydrogen-bond donors (Lipinski definition) is 1. The number of anilines is 1. The van der Waals surface area contributed by atoms with E-state index in [9.17, 15) is 9.59 Å². The third-order valence-corrected chi connectivity index (χ3v) is 6.03. The average molecular weight is 482 g/mol. The molecular weight excluding hydrogens is 454 g/mol. The molecule has 2 amide bonds. The van der Waals surface area contributed by atoms with Gasteiger partial charge in [0.1, 0.15) is 12.4 Å². The summed E-state index contributed by atoms with van der Waals surface area (Å²) < 4.78 is 11.7. The Morgan fingerprint density at radius 2 is 1.58 bits per heavy atom. The molecule has 1 N–H and O–H groups in total. The molecule has 0 fully saturated rings. The highest BCUT2D eigenvalue weighted by molar-refractivity contribution is 6.21. The lowest BCUT2D eigenvalue weighted by molar-refractivity contribution is 0.0654. The van der Waals surface area contributed by atoms with Crippen molar-refractivity contribution in [1.29, 1.82) is 0 Å². The number of aromatic nitrogens is 1. The predicted molar refractivity (Wildman–Crippen MR) is 139 cm³/mol. The van der Waals surface area contributed by atoms with E-state index in [0.717, 1.165) is 27.9 Å². The smallest absolute Gasteiger partial charge is 0.261 e. The van der Waals surface area contributed by atoms with Crippen LogP contribution in [0.2, 0.25) is 0 Å². The molecule has 0 unspecified atom stereocenters. The third kappa shape index (κ3) is 4.86. The highest BCUT2D eigenvalue weighted by Gasteiger charge is 2.34. The van der Waals surface area contributed by atoms with Crippen molar-refractivity contribution in [3.63, 3.8) is 0 Å². The molecule has 4 aromatic rings. The highest BCUT2D eigenvalue weighted by atomic mass is 16.5. The van der Waals surface area contributed by atoms with Gasteiger partial charge in [0.15, 0.2) is 0 Å². The van der Waals surface area contributed by atoms with Crippen LogP contribution in [-0.4, -0.2) is 41.4 Å². The summed E-state index contributed by atoms with van der Waals surface area (Å²) in [6.45, 7) is 3.81. The van der Waals surface area contributed by atoms with E-state index >= 15 is 0 Å². The van der Waals surface area contributed by atoms with Gasteiger partial charge in [-0.15, -0.1) is 0 Å². The molecular formula is C29H27N3O4. The molecule has 0 saturated heterocycles. The summed E-state index contributed by atoms with van der Waals surface area (Å²) in [6, 6.07) is 24.6. The van der Waals surface area contributed by atoms with Crippen molar-refractivity contribution in [3.05, 3.63) is 95.6 Å². The summed E-state index contributed by atoms with van der Waals surface area (Å²) in [5.74, 6) is 0.805. The normalized spacial score (nSPS) is 12.6. The minimum Gasteiger partial charge on any atom is -0.494 e. The van der Waals surface area contributed by atoms with Crippen LogP contribution in [0.25, 0.3) is 10.9 Å². The molecule has 182 valence electrons. The number of ether oxygens (including phenoxy) is 2. The molecule has 1 aliphatic rings. The molecule has 7 nitrogen and oxygen atoms in total. The Balaban J connectivity index is 1.28. The minimum atomic E-state index is -0.235. The summed E-state index contributed by atoms with van der Waals surface area (Å²) >= 11 is 0. The monoisotopic (exact) mass is 481 g/mol. The van der Waals surface area contributed by atoms with E-state index in [1.165, 1.54) is 4.90 Å². The van der Waals surface area contributed by atoms with E-state index in [-0.39, 0.29) is 11.8 Å². The topological polar surface area (TPSA) is 80.8 Å². The van der Waals surface area contributed by atoms with Gasteiger partial charge >= 0.3 is 0 Å². The zero-order valence-corrected chi connectivity index (χ0v) is 20.1. The Labute approximate surface area is 209 Å². The second kappa shape index (κ2) is 10.5. The van der Waals surface area contributed by atoms with Crippen molar-refractivity contribution in [2.24, 2.45) is 0 Å². The second-order valence-corrected chi connectivity index (χ2v) is 8.49. The fourth-order valence-corrected chi connectivity index (χ4v) is 4.29. The lowest BCUT2D eigenvalue weighted by Crippen LogP contribution is -2.31. The molecule has 0 saturated carbocycles. The Morgan fingerprint density at radius 3 is 2.31 bits per heavy atom. The van der Waals surface area contributed by atoms with E-state index in [1.54, 1.807) is 24.3 Å². The zero-order chi connectivity index (χ0) is 24.9. The van der Waals surface area contributed by atoms with Crippen LogP contribution in [0.1, 0.15) is 39.6 Å². The first-order valence-corrected chi connectivity index (χ1v) is 12.1. The van der Waals surface area contributed by atoms with Crippen LogP contribution in [0.15, 0.2) is 78.9 Å². The number of hydrogen-bond acceptors (Lipinski definition) is 6. The van der Waals surface area contributed by atoms with Gasteiger partial charge < -0.3 is 14.8 Å². The van der Waals surface area contributed by atoms with Gasteiger partial charge in [0, 0.05) is 30.6 Å². The fourth-order valence-electron chi connectivity index (χ4n) is 4.29. The van der Waals surface area contributed by atoms with Crippen LogP contribution < -0.4 is 14.8 Å². The van der Waals surface area contributed by atoms with Gasteiger partial charge in [-0.2, -0.15) is 0 Å². The number of imide groups is 1. The van der Waals surface area contributed by atoms with Crippen LogP contribution in [0.4, 0.5) is 5.69 Å². The standard InChI is InChI=1S/C29H27N3O4/c1-2-35-22-17-21-13-14-26(36-19-20-9-4-3-5-10-20)31-27(21)25(18-22)30-15-8-16-32-28(33)23-11-6-7-12-24(23)29(32)34/h3-7,9-14,17-18,30H,2,8,15-16,19H2,1H3. The molecule has 0 bridgehead atoms. The molecule has 5 rings (SSSR count). The first kappa shape index (κ1) is 23.4. The van der Waals surface area contributed by atoms with Crippen molar-refractivity contribution in [2.75, 3.05) is 25.0 Å². The Bertz CT molecular complexity index is 1370. The Kier molecular flexibility index (Phi) is 6.80. The van der Waals surface area contributed by atoms with E-state index in [4.69, 9.17) is 14.5 Å². The number of rotatable bonds is 10. The summed E-state index contributed by atoms with van der Waals surface area (Å²) in [5.41, 5.74) is 3.59. The minimum absolute atomic E-state index is 0.235. The van der Waals surface area contributed by atoms with Gasteiger partial charge in [0.25, 0.3) is 11.8 Å². The molecule has 1 aromatic heterocycles. The van der Waals surface area contributed by atoms with Gasteiger partial charge in [-0.05, 0) is 43.2 Å². The molecule has 0 atom stereocenters. The average Bonchev–Trinajstić information content (AvgIpc) is 3.15. The molecule has 7 heteroatoms. The highest BCUT2D eigenvalue weighted by Crippen LogP contribution is 2.30. The lowest BCUT2D eigenvalue weighted by Gasteiger charge is -2.16. The fraction of sp³-hybridized carbons (Fsp3) is 0.207. The second-order valence-electron chi connectivity index (χ2n) is 8.49. The summed E-state index contributed by atoms with van der Waals surface area (Å²) in [5, 5.41) is 4.34. The molecule has 1 aliphatic heterocycles. The number of benzene rings is 3. The molecule has 0 radical (unpaired) electrons. The lowest BCUT2D eigenvalue weighted by atomic mass is 10.1. The maximum atomic E-state index is 12.6. The van der Waals surface area contributed by atoms with Crippen LogP contribution in [0.5, 0.6) is 11.6 Å². The van der Waals surface area contributed by atoms with Crippen molar-refractivity contribution in [3.8, 4) is 11.6 Å². The number of nitrogens with zero attached hydrogens (tertiary/aromatic N) is 2. The number of carbonyl (C=O) groups excluding carboxylic acids is 2. The van der Waals surface area contributed by atoms with Crippen LogP contribution in [0.3, 0.4) is 0 Å². The maximum absolute atomic E-state index is 12.6. The van der Waals surface area contributed by atoms with Gasteiger partial charge in [-0.1, -0.05) is 42.5 Å². The van der Waals surface area contributed by atoms with Gasteiger partial charge in [-0.25, -0.2) is 4.98 Å². The Morgan fingerprint density at radius 1 is 0.861 bits per heavy atom. The summed E-state index contributed by atoms with van der Waals surface area (Å²) in [7, 11) is 0. The first-order valence-electron chi connectivity index (χ1n) is 12.1. The molecule has 36 heavy (non-hydrogen) atoms.